The molecule has 0 unspecified atom stereocenters. The lowest BCUT2D eigenvalue weighted by Gasteiger charge is -2.22. The highest BCUT2D eigenvalue weighted by Crippen LogP contribution is 2.36. The highest BCUT2D eigenvalue weighted by molar-refractivity contribution is 5.73. The van der Waals surface area contributed by atoms with Crippen LogP contribution < -0.4 is 10.5 Å². The lowest BCUT2D eigenvalue weighted by molar-refractivity contribution is 0.324. The van der Waals surface area contributed by atoms with Gasteiger partial charge in [-0.15, -0.1) is 5.10 Å². The predicted molar refractivity (Wildman–Crippen MR) is 81.0 cm³/mol. The quantitative estimate of drug-likeness (QED) is 0.875. The van der Waals surface area contributed by atoms with Crippen molar-refractivity contribution in [3.63, 3.8) is 0 Å². The number of benzene rings is 1. The van der Waals surface area contributed by atoms with Crippen molar-refractivity contribution in [1.29, 1.82) is 0 Å². The Hall–Kier alpha value is -2.11. The van der Waals surface area contributed by atoms with E-state index in [4.69, 9.17) is 10.5 Å². The largest absolute Gasteiger partial charge is 0.491 e. The van der Waals surface area contributed by atoms with Crippen molar-refractivity contribution in [1.82, 2.24) is 20.2 Å². The zero-order valence-electron chi connectivity index (χ0n) is 12.3. The van der Waals surface area contributed by atoms with Crippen molar-refractivity contribution in [2.45, 2.75) is 45.1 Å². The van der Waals surface area contributed by atoms with Crippen molar-refractivity contribution in [2.24, 2.45) is 0 Å². The van der Waals surface area contributed by atoms with Crippen LogP contribution in [0.25, 0.3) is 11.4 Å². The molecule has 1 aliphatic rings. The Labute approximate surface area is 124 Å². The fourth-order valence-electron chi connectivity index (χ4n) is 2.98. The summed E-state index contributed by atoms with van der Waals surface area (Å²) in [4.78, 5) is 0. The number of nitrogens with zero attached hydrogens (tertiary/aromatic N) is 4. The van der Waals surface area contributed by atoms with Crippen LogP contribution >= 0.6 is 0 Å². The third-order valence-electron chi connectivity index (χ3n) is 3.99. The Kier molecular flexibility index (Phi) is 4.03. The van der Waals surface area contributed by atoms with Crippen LogP contribution in [0.2, 0.25) is 0 Å². The molecule has 6 nitrogen and oxygen atoms in total. The van der Waals surface area contributed by atoms with Gasteiger partial charge in [-0.1, -0.05) is 25.3 Å². The van der Waals surface area contributed by atoms with Gasteiger partial charge >= 0.3 is 0 Å². The number of aromatic nitrogens is 4. The third-order valence-corrected chi connectivity index (χ3v) is 3.99. The van der Waals surface area contributed by atoms with Gasteiger partial charge in [-0.2, -0.15) is 0 Å². The lowest BCUT2D eigenvalue weighted by Crippen LogP contribution is -2.16. The smallest absolute Gasteiger partial charge is 0.186 e. The highest BCUT2D eigenvalue weighted by atomic mass is 16.5. The maximum atomic E-state index is 6.04. The summed E-state index contributed by atoms with van der Waals surface area (Å²) in [7, 11) is 0. The van der Waals surface area contributed by atoms with E-state index in [-0.39, 0.29) is 0 Å². The molecule has 1 fully saturated rings. The second-order valence-electron chi connectivity index (χ2n) is 5.40. The number of nitrogen functional groups attached to an aromatic ring is 1. The topological polar surface area (TPSA) is 78.8 Å². The summed E-state index contributed by atoms with van der Waals surface area (Å²) in [5, 5.41) is 12.3. The minimum Gasteiger partial charge on any atom is -0.491 e. The Bertz CT molecular complexity index is 604. The number of hydrogen-bond donors (Lipinski definition) is 1. The molecule has 1 saturated carbocycles. The van der Waals surface area contributed by atoms with E-state index >= 15 is 0 Å². The first-order valence-corrected chi connectivity index (χ1v) is 7.60. The standard InChI is InChI=1S/C15H21N5O/c1-2-21-14-12(9-6-10-13(14)16)15-17-18-19-20(15)11-7-4-3-5-8-11/h6,9-11H,2-5,7-8,16H2,1H3. The van der Waals surface area contributed by atoms with E-state index in [0.717, 1.165) is 24.2 Å². The molecule has 1 heterocycles. The molecule has 0 bridgehead atoms. The summed E-state index contributed by atoms with van der Waals surface area (Å²) in [6.45, 7) is 2.51. The van der Waals surface area contributed by atoms with E-state index in [0.29, 0.717) is 24.1 Å². The van der Waals surface area contributed by atoms with Crippen LogP contribution in [0.1, 0.15) is 45.1 Å². The minimum atomic E-state index is 0.375. The third kappa shape index (κ3) is 2.70. The van der Waals surface area contributed by atoms with Gasteiger partial charge in [-0.05, 0) is 42.3 Å². The molecule has 1 aliphatic carbocycles. The van der Waals surface area contributed by atoms with Crippen LogP contribution in [-0.2, 0) is 0 Å². The number of anilines is 1. The average molecular weight is 287 g/mol. The Morgan fingerprint density at radius 2 is 2.10 bits per heavy atom. The molecule has 0 radical (unpaired) electrons. The fraction of sp³-hybridized carbons (Fsp3) is 0.533. The highest BCUT2D eigenvalue weighted by Gasteiger charge is 2.23. The number of tetrazole rings is 1. The normalized spacial score (nSPS) is 16.0. The zero-order chi connectivity index (χ0) is 14.7. The van der Waals surface area contributed by atoms with Gasteiger partial charge in [-0.3, -0.25) is 0 Å². The van der Waals surface area contributed by atoms with E-state index < -0.39 is 0 Å². The molecule has 0 amide bonds. The van der Waals surface area contributed by atoms with Crippen molar-refractivity contribution in [3.8, 4) is 17.1 Å². The number of rotatable bonds is 4. The van der Waals surface area contributed by atoms with E-state index in [9.17, 15) is 0 Å². The summed E-state index contributed by atoms with van der Waals surface area (Å²) >= 11 is 0. The van der Waals surface area contributed by atoms with Crippen molar-refractivity contribution < 1.29 is 4.74 Å². The van der Waals surface area contributed by atoms with Gasteiger partial charge < -0.3 is 10.5 Å². The average Bonchev–Trinajstić information content (AvgIpc) is 3.00. The first kappa shape index (κ1) is 13.9. The van der Waals surface area contributed by atoms with Crippen LogP contribution in [0, 0.1) is 0 Å². The maximum Gasteiger partial charge on any atom is 0.186 e. The lowest BCUT2D eigenvalue weighted by atomic mass is 9.95. The molecule has 0 atom stereocenters. The van der Waals surface area contributed by atoms with E-state index in [2.05, 4.69) is 15.5 Å². The molecule has 0 saturated heterocycles. The minimum absolute atomic E-state index is 0.375. The van der Waals surface area contributed by atoms with Gasteiger partial charge in [0.25, 0.3) is 0 Å². The molecule has 21 heavy (non-hydrogen) atoms. The molecular weight excluding hydrogens is 266 g/mol. The number of ether oxygens (including phenoxy) is 1. The molecule has 3 rings (SSSR count). The zero-order valence-corrected chi connectivity index (χ0v) is 12.3. The van der Waals surface area contributed by atoms with Gasteiger partial charge in [-0.25, -0.2) is 4.68 Å². The molecular formula is C15H21N5O. The van der Waals surface area contributed by atoms with Gasteiger partial charge in [0.05, 0.1) is 23.9 Å². The van der Waals surface area contributed by atoms with E-state index in [1.54, 1.807) is 0 Å². The molecule has 1 aromatic heterocycles. The number of hydrogen-bond acceptors (Lipinski definition) is 5. The number of para-hydroxylation sites is 1. The number of nitrogens with two attached hydrogens (primary N) is 1. The van der Waals surface area contributed by atoms with Gasteiger partial charge in [0.2, 0.25) is 0 Å². The van der Waals surface area contributed by atoms with Crippen LogP contribution in [0.5, 0.6) is 5.75 Å². The molecule has 1 aromatic carbocycles. The van der Waals surface area contributed by atoms with Crippen LogP contribution in [0.3, 0.4) is 0 Å². The van der Waals surface area contributed by atoms with Gasteiger partial charge in [0, 0.05) is 0 Å². The first-order chi connectivity index (χ1) is 10.3. The second kappa shape index (κ2) is 6.11. The monoisotopic (exact) mass is 287 g/mol. The SMILES string of the molecule is CCOc1c(N)cccc1-c1nnnn1C1CCCCC1. The summed E-state index contributed by atoms with van der Waals surface area (Å²) < 4.78 is 7.64. The predicted octanol–water partition coefficient (Wildman–Crippen LogP) is 2.83. The molecule has 112 valence electrons. The molecule has 6 heteroatoms. The van der Waals surface area contributed by atoms with Crippen molar-refractivity contribution >= 4 is 5.69 Å². The summed E-state index contributed by atoms with van der Waals surface area (Å²) in [6.07, 6.45) is 6.03. The fourth-order valence-corrected chi connectivity index (χ4v) is 2.98. The molecule has 0 aliphatic heterocycles. The van der Waals surface area contributed by atoms with Crippen molar-refractivity contribution in [2.75, 3.05) is 12.3 Å². The van der Waals surface area contributed by atoms with Gasteiger partial charge in [0.1, 0.15) is 0 Å². The Balaban J connectivity index is 2.01. The van der Waals surface area contributed by atoms with Crippen LogP contribution in [-0.4, -0.2) is 26.8 Å². The van der Waals surface area contributed by atoms with Crippen LogP contribution in [0.4, 0.5) is 5.69 Å². The van der Waals surface area contributed by atoms with E-state index in [1.165, 1.54) is 19.3 Å². The molecule has 2 aromatic rings. The van der Waals surface area contributed by atoms with Crippen molar-refractivity contribution in [3.05, 3.63) is 18.2 Å². The molecule has 0 spiro atoms. The summed E-state index contributed by atoms with van der Waals surface area (Å²) in [6, 6.07) is 6.09. The maximum absolute atomic E-state index is 6.04. The molecule has 2 N–H and O–H groups in total. The first-order valence-electron chi connectivity index (χ1n) is 7.60. The van der Waals surface area contributed by atoms with E-state index in [1.807, 2.05) is 29.8 Å². The summed E-state index contributed by atoms with van der Waals surface area (Å²) in [5.41, 5.74) is 7.53. The summed E-state index contributed by atoms with van der Waals surface area (Å²) in [5.74, 6) is 1.42. The van der Waals surface area contributed by atoms with Gasteiger partial charge in [0.15, 0.2) is 11.6 Å². The Morgan fingerprint density at radius 3 is 2.86 bits per heavy atom. The van der Waals surface area contributed by atoms with Crippen LogP contribution in [0.15, 0.2) is 18.2 Å². The second-order valence-corrected chi connectivity index (χ2v) is 5.40. The Morgan fingerprint density at radius 1 is 1.29 bits per heavy atom.